The summed E-state index contributed by atoms with van der Waals surface area (Å²) in [6.07, 6.45) is 10.4. The molecule has 1 aromatic rings. The van der Waals surface area contributed by atoms with Crippen LogP contribution in [-0.2, 0) is 4.74 Å². The Morgan fingerprint density at radius 3 is 2.12 bits per heavy atom. The molecule has 1 amide bonds. The molecule has 0 saturated carbocycles. The Morgan fingerprint density at radius 2 is 1.50 bits per heavy atom. The minimum absolute atomic E-state index is 0. The highest BCUT2D eigenvalue weighted by Crippen LogP contribution is 2.10. The number of nitrogens with zero attached hydrogens (tertiary/aromatic N) is 1. The molecule has 1 rings (SSSR count). The summed E-state index contributed by atoms with van der Waals surface area (Å²) in [7, 11) is 4.42. The van der Waals surface area contributed by atoms with Crippen LogP contribution in [0.1, 0.15) is 58.3 Å². The molecule has 1 aromatic carbocycles. The molecule has 0 aliphatic heterocycles. The largest absolute Gasteiger partial charge is 1.00 e. The molecule has 5 heteroatoms. The van der Waals surface area contributed by atoms with Crippen LogP contribution in [0.3, 0.4) is 0 Å². The van der Waals surface area contributed by atoms with Gasteiger partial charge in [0.25, 0.3) is 0 Å². The van der Waals surface area contributed by atoms with Gasteiger partial charge in [-0.15, -0.1) is 0 Å². The van der Waals surface area contributed by atoms with E-state index < -0.39 is 0 Å². The van der Waals surface area contributed by atoms with Crippen LogP contribution in [0.15, 0.2) is 30.3 Å². The van der Waals surface area contributed by atoms with Gasteiger partial charge in [-0.1, -0.05) is 63.6 Å². The smallest absolute Gasteiger partial charge is 0.411 e. The number of amides is 1. The number of para-hydroxylation sites is 1. The molecule has 0 unspecified atom stereocenters. The molecule has 0 atom stereocenters. The summed E-state index contributed by atoms with van der Waals surface area (Å²) in [5.41, 5.74) is 0.764. The second kappa shape index (κ2) is 14.9. The summed E-state index contributed by atoms with van der Waals surface area (Å²) in [6, 6.07) is 9.40. The quantitative estimate of drug-likeness (QED) is 0.419. The SMILES string of the molecule is CCCCCCCCCC[N+](C)(C)CCOC(=O)Nc1ccccc1.[Cl-]. The zero-order valence-corrected chi connectivity index (χ0v) is 17.6. The standard InChI is InChI=1S/C21H36N2O2.ClH/c1-4-5-6-7-8-9-10-14-17-23(2,3)18-19-25-21(24)22-20-15-12-11-13-16-20;/h11-13,15-16H,4-10,14,17-19H2,1-3H3;1H. The molecule has 0 radical (unpaired) electrons. The van der Waals surface area contributed by atoms with Crippen LogP contribution in [0.25, 0.3) is 0 Å². The summed E-state index contributed by atoms with van der Waals surface area (Å²) in [5, 5.41) is 2.74. The topological polar surface area (TPSA) is 38.3 Å². The average Bonchev–Trinajstić information content (AvgIpc) is 2.58. The van der Waals surface area contributed by atoms with Crippen LogP contribution in [0.2, 0.25) is 0 Å². The van der Waals surface area contributed by atoms with Gasteiger partial charge in [-0.05, 0) is 25.0 Å². The first-order valence-corrected chi connectivity index (χ1v) is 9.84. The van der Waals surface area contributed by atoms with Crippen molar-refractivity contribution in [3.05, 3.63) is 30.3 Å². The maximum atomic E-state index is 11.8. The summed E-state index contributed by atoms with van der Waals surface area (Å²) in [5.74, 6) is 0. The maximum Gasteiger partial charge on any atom is 0.411 e. The second-order valence-electron chi connectivity index (χ2n) is 7.48. The number of nitrogens with one attached hydrogen (secondary N) is 1. The van der Waals surface area contributed by atoms with E-state index in [-0.39, 0.29) is 18.5 Å². The molecule has 0 fully saturated rings. The van der Waals surface area contributed by atoms with Crippen molar-refractivity contribution in [3.63, 3.8) is 0 Å². The Kier molecular flexibility index (Phi) is 14.1. The average molecular weight is 385 g/mol. The summed E-state index contributed by atoms with van der Waals surface area (Å²) < 4.78 is 6.20. The van der Waals surface area contributed by atoms with Crippen LogP contribution in [0.4, 0.5) is 10.5 Å². The molecule has 1 N–H and O–H groups in total. The number of likely N-dealkylation sites (N-methyl/N-ethyl adjacent to an activating group) is 1. The zero-order chi connectivity index (χ0) is 18.4. The Balaban J connectivity index is 0.00000625. The summed E-state index contributed by atoms with van der Waals surface area (Å²) in [6.45, 7) is 4.69. The van der Waals surface area contributed by atoms with Crippen molar-refractivity contribution >= 4 is 11.8 Å². The lowest BCUT2D eigenvalue weighted by molar-refractivity contribution is -0.890. The van der Waals surface area contributed by atoms with E-state index in [0.29, 0.717) is 6.61 Å². The fraction of sp³-hybridized carbons (Fsp3) is 0.667. The zero-order valence-electron chi connectivity index (χ0n) is 16.8. The lowest BCUT2D eigenvalue weighted by Crippen LogP contribution is -3.00. The molecular formula is C21H37ClN2O2. The number of carbonyl (C=O) groups is 1. The molecule has 0 aliphatic rings. The van der Waals surface area contributed by atoms with Gasteiger partial charge in [-0.2, -0.15) is 0 Å². The minimum atomic E-state index is -0.377. The number of unbranched alkanes of at least 4 members (excludes halogenated alkanes) is 7. The highest BCUT2D eigenvalue weighted by Gasteiger charge is 2.15. The fourth-order valence-electron chi connectivity index (χ4n) is 2.85. The Morgan fingerprint density at radius 1 is 0.923 bits per heavy atom. The summed E-state index contributed by atoms with van der Waals surface area (Å²) >= 11 is 0. The molecule has 150 valence electrons. The Hall–Kier alpha value is -1.26. The third kappa shape index (κ3) is 13.0. The molecule has 0 bridgehead atoms. The first kappa shape index (κ1) is 24.7. The van der Waals surface area contributed by atoms with Gasteiger partial charge in [-0.3, -0.25) is 5.32 Å². The van der Waals surface area contributed by atoms with E-state index in [2.05, 4.69) is 26.3 Å². The van der Waals surface area contributed by atoms with Crippen LogP contribution in [0.5, 0.6) is 0 Å². The van der Waals surface area contributed by atoms with E-state index >= 15 is 0 Å². The number of carbonyl (C=O) groups excluding carboxylic acids is 1. The molecule has 0 saturated heterocycles. The molecule has 0 heterocycles. The number of halogens is 1. The van der Waals surface area contributed by atoms with E-state index in [1.165, 1.54) is 51.4 Å². The number of benzene rings is 1. The van der Waals surface area contributed by atoms with Gasteiger partial charge in [0.05, 0.1) is 20.6 Å². The van der Waals surface area contributed by atoms with Crippen molar-refractivity contribution in [1.82, 2.24) is 0 Å². The minimum Gasteiger partial charge on any atom is -1.00 e. The van der Waals surface area contributed by atoms with Crippen LogP contribution < -0.4 is 17.7 Å². The fourth-order valence-corrected chi connectivity index (χ4v) is 2.85. The number of rotatable bonds is 13. The number of hydrogen-bond acceptors (Lipinski definition) is 2. The van der Waals surface area contributed by atoms with Crippen molar-refractivity contribution in [2.24, 2.45) is 0 Å². The van der Waals surface area contributed by atoms with Gasteiger partial charge in [0.15, 0.2) is 0 Å². The van der Waals surface area contributed by atoms with E-state index in [0.717, 1.165) is 23.3 Å². The number of ether oxygens (including phenoxy) is 1. The predicted octanol–water partition coefficient (Wildman–Crippen LogP) is 2.46. The van der Waals surface area contributed by atoms with Crippen molar-refractivity contribution in [2.75, 3.05) is 39.1 Å². The first-order chi connectivity index (χ1) is 12.0. The first-order valence-electron chi connectivity index (χ1n) is 9.84. The molecule has 0 aromatic heterocycles. The normalized spacial score (nSPS) is 10.9. The Bertz CT molecular complexity index is 466. The van der Waals surface area contributed by atoms with Crippen molar-refractivity contribution in [2.45, 2.75) is 58.3 Å². The molecule has 4 nitrogen and oxygen atoms in total. The Labute approximate surface area is 166 Å². The van der Waals surface area contributed by atoms with E-state index in [9.17, 15) is 4.79 Å². The van der Waals surface area contributed by atoms with Gasteiger partial charge in [0.2, 0.25) is 0 Å². The third-order valence-electron chi connectivity index (χ3n) is 4.57. The lowest BCUT2D eigenvalue weighted by Gasteiger charge is -2.29. The highest BCUT2D eigenvalue weighted by atomic mass is 35.5. The van der Waals surface area contributed by atoms with Crippen molar-refractivity contribution < 1.29 is 26.4 Å². The van der Waals surface area contributed by atoms with Gasteiger partial charge in [-0.25, -0.2) is 4.79 Å². The van der Waals surface area contributed by atoms with Gasteiger partial charge in [0.1, 0.15) is 13.2 Å². The molecular weight excluding hydrogens is 348 g/mol. The predicted molar refractivity (Wildman–Crippen MR) is 106 cm³/mol. The highest BCUT2D eigenvalue weighted by molar-refractivity contribution is 5.84. The van der Waals surface area contributed by atoms with Crippen LogP contribution in [-0.4, -0.2) is 44.4 Å². The van der Waals surface area contributed by atoms with Crippen molar-refractivity contribution in [3.8, 4) is 0 Å². The molecule has 0 spiro atoms. The lowest BCUT2D eigenvalue weighted by atomic mass is 10.1. The van der Waals surface area contributed by atoms with Gasteiger partial charge < -0.3 is 21.6 Å². The summed E-state index contributed by atoms with van der Waals surface area (Å²) in [4.78, 5) is 11.8. The number of hydrogen-bond donors (Lipinski definition) is 1. The van der Waals surface area contributed by atoms with Gasteiger partial charge in [0, 0.05) is 5.69 Å². The molecule has 0 aliphatic carbocycles. The molecule has 26 heavy (non-hydrogen) atoms. The monoisotopic (exact) mass is 384 g/mol. The second-order valence-corrected chi connectivity index (χ2v) is 7.48. The van der Waals surface area contributed by atoms with E-state index in [1.807, 2.05) is 30.3 Å². The van der Waals surface area contributed by atoms with Gasteiger partial charge >= 0.3 is 6.09 Å². The van der Waals surface area contributed by atoms with E-state index in [4.69, 9.17) is 4.74 Å². The van der Waals surface area contributed by atoms with E-state index in [1.54, 1.807) is 0 Å². The number of anilines is 1. The van der Waals surface area contributed by atoms with Crippen LogP contribution >= 0.6 is 0 Å². The third-order valence-corrected chi connectivity index (χ3v) is 4.57. The van der Waals surface area contributed by atoms with Crippen LogP contribution in [0, 0.1) is 0 Å². The van der Waals surface area contributed by atoms with Crippen molar-refractivity contribution in [1.29, 1.82) is 0 Å². The number of quaternary nitrogens is 1. The maximum absolute atomic E-state index is 11.8.